The average molecular weight is 344 g/mol. The Kier molecular flexibility index (Phi) is 3.81. The Morgan fingerprint density at radius 3 is 1.88 bits per heavy atom. The van der Waals surface area contributed by atoms with Crippen LogP contribution in [0.4, 0.5) is 0 Å². The summed E-state index contributed by atoms with van der Waals surface area (Å²) in [5, 5.41) is 6.68. The molecule has 0 amide bonds. The third-order valence-corrected chi connectivity index (χ3v) is 4.67. The molecule has 4 rings (SSSR count). The zero-order valence-electron chi connectivity index (χ0n) is 14.4. The second-order valence-electron chi connectivity index (χ2n) is 6.05. The molecule has 4 heteroatoms. The molecule has 0 spiro atoms. The smallest absolute Gasteiger partial charge is 0.345 e. The molecule has 0 saturated heterocycles. The van der Waals surface area contributed by atoms with Gasteiger partial charge in [0.1, 0.15) is 5.57 Å². The first kappa shape index (κ1) is 16.1. The van der Waals surface area contributed by atoms with Crippen molar-refractivity contribution in [3.05, 3.63) is 65.7 Å². The molecule has 0 aliphatic carbocycles. The molecule has 0 heterocycles. The van der Waals surface area contributed by atoms with Crippen molar-refractivity contribution >= 4 is 50.3 Å². The lowest BCUT2D eigenvalue weighted by Crippen LogP contribution is -2.15. The first-order chi connectivity index (χ1) is 12.6. The minimum Gasteiger partial charge on any atom is -0.465 e. The quantitative estimate of drug-likeness (QED) is 0.183. The molecule has 4 aromatic carbocycles. The van der Waals surface area contributed by atoms with Gasteiger partial charge in [-0.15, -0.1) is 0 Å². The fourth-order valence-electron chi connectivity index (χ4n) is 3.46. The predicted octanol–water partition coefficient (Wildman–Crippen LogP) is 4.31. The monoisotopic (exact) mass is 344 g/mol. The van der Waals surface area contributed by atoms with E-state index in [1.54, 1.807) is 0 Å². The minimum absolute atomic E-state index is 0.134. The largest absolute Gasteiger partial charge is 0.465 e. The zero-order chi connectivity index (χ0) is 18.3. The summed E-state index contributed by atoms with van der Waals surface area (Å²) >= 11 is 0. The summed E-state index contributed by atoms with van der Waals surface area (Å²) in [6, 6.07) is 18.3. The maximum absolute atomic E-state index is 12.0. The Morgan fingerprint density at radius 2 is 1.27 bits per heavy atom. The molecule has 4 nitrogen and oxygen atoms in total. The third kappa shape index (κ3) is 2.39. The van der Waals surface area contributed by atoms with Crippen LogP contribution in [0.25, 0.3) is 38.4 Å². The van der Waals surface area contributed by atoms with Gasteiger partial charge in [0.05, 0.1) is 14.2 Å². The predicted molar refractivity (Wildman–Crippen MR) is 102 cm³/mol. The highest BCUT2D eigenvalue weighted by molar-refractivity contribution is 6.25. The van der Waals surface area contributed by atoms with E-state index in [0.717, 1.165) is 32.5 Å². The van der Waals surface area contributed by atoms with Gasteiger partial charge in [-0.3, -0.25) is 0 Å². The number of esters is 2. The van der Waals surface area contributed by atoms with E-state index in [0.29, 0.717) is 0 Å². The molecule has 0 aliphatic heterocycles. The van der Waals surface area contributed by atoms with Crippen LogP contribution >= 0.6 is 0 Å². The van der Waals surface area contributed by atoms with E-state index in [9.17, 15) is 9.59 Å². The summed E-state index contributed by atoms with van der Waals surface area (Å²) in [4.78, 5) is 24.0. The fraction of sp³-hybridized carbons (Fsp3) is 0.0909. The van der Waals surface area contributed by atoms with Crippen LogP contribution in [-0.2, 0) is 19.1 Å². The molecule has 0 saturated carbocycles. The Morgan fingerprint density at radius 1 is 0.731 bits per heavy atom. The molecule has 0 fully saturated rings. The van der Waals surface area contributed by atoms with Crippen molar-refractivity contribution in [2.24, 2.45) is 0 Å². The van der Waals surface area contributed by atoms with Crippen molar-refractivity contribution in [3.63, 3.8) is 0 Å². The highest BCUT2D eigenvalue weighted by Gasteiger charge is 2.20. The Bertz CT molecular complexity index is 1150. The number of hydrogen-bond acceptors (Lipinski definition) is 4. The number of rotatable bonds is 3. The van der Waals surface area contributed by atoms with Crippen LogP contribution in [0.2, 0.25) is 0 Å². The van der Waals surface area contributed by atoms with Crippen molar-refractivity contribution < 1.29 is 19.1 Å². The number of benzene rings is 4. The summed E-state index contributed by atoms with van der Waals surface area (Å²) < 4.78 is 9.45. The van der Waals surface area contributed by atoms with Crippen LogP contribution in [-0.4, -0.2) is 26.2 Å². The average Bonchev–Trinajstić information content (AvgIpc) is 2.69. The molecule has 4 aromatic rings. The second-order valence-corrected chi connectivity index (χ2v) is 6.05. The SMILES string of the molecule is COC(=O)C(=Cc1ccc2ccc3cccc4ccc1c2c34)C(=O)OC. The van der Waals surface area contributed by atoms with Crippen LogP contribution in [0.5, 0.6) is 0 Å². The minimum atomic E-state index is -0.720. The molecule has 128 valence electrons. The van der Waals surface area contributed by atoms with Gasteiger partial charge in [0.2, 0.25) is 0 Å². The third-order valence-electron chi connectivity index (χ3n) is 4.67. The fourth-order valence-corrected chi connectivity index (χ4v) is 3.46. The Hall–Kier alpha value is -3.40. The normalized spacial score (nSPS) is 11.0. The van der Waals surface area contributed by atoms with Gasteiger partial charge in [-0.25, -0.2) is 9.59 Å². The van der Waals surface area contributed by atoms with Gasteiger partial charge in [-0.1, -0.05) is 54.6 Å². The molecular formula is C22H16O4. The van der Waals surface area contributed by atoms with Crippen molar-refractivity contribution in [1.29, 1.82) is 0 Å². The molecule has 0 bridgehead atoms. The first-order valence-corrected chi connectivity index (χ1v) is 8.19. The lowest BCUT2D eigenvalue weighted by Gasteiger charge is -2.13. The molecule has 0 radical (unpaired) electrons. The van der Waals surface area contributed by atoms with Crippen LogP contribution in [0.1, 0.15) is 5.56 Å². The van der Waals surface area contributed by atoms with Gasteiger partial charge in [0, 0.05) is 0 Å². The van der Waals surface area contributed by atoms with E-state index >= 15 is 0 Å². The summed E-state index contributed by atoms with van der Waals surface area (Å²) in [5.74, 6) is -1.44. The molecule has 0 aromatic heterocycles. The first-order valence-electron chi connectivity index (χ1n) is 8.19. The zero-order valence-corrected chi connectivity index (χ0v) is 14.4. The summed E-state index contributed by atoms with van der Waals surface area (Å²) in [5.41, 5.74) is 0.631. The Balaban J connectivity index is 2.06. The maximum Gasteiger partial charge on any atom is 0.345 e. The van der Waals surface area contributed by atoms with Crippen molar-refractivity contribution in [1.82, 2.24) is 0 Å². The van der Waals surface area contributed by atoms with Gasteiger partial charge in [-0.05, 0) is 44.0 Å². The highest BCUT2D eigenvalue weighted by Crippen LogP contribution is 2.36. The van der Waals surface area contributed by atoms with E-state index in [4.69, 9.17) is 9.47 Å². The summed E-state index contributed by atoms with van der Waals surface area (Å²) in [6.07, 6.45) is 1.53. The van der Waals surface area contributed by atoms with Crippen LogP contribution in [0, 0.1) is 0 Å². The van der Waals surface area contributed by atoms with Gasteiger partial charge >= 0.3 is 11.9 Å². The van der Waals surface area contributed by atoms with Crippen LogP contribution < -0.4 is 0 Å². The Labute approximate surface area is 150 Å². The highest BCUT2D eigenvalue weighted by atomic mass is 16.5. The summed E-state index contributed by atoms with van der Waals surface area (Å²) in [6.45, 7) is 0. The molecule has 0 atom stereocenters. The second kappa shape index (κ2) is 6.15. The molecule has 0 unspecified atom stereocenters. The van der Waals surface area contributed by atoms with Gasteiger partial charge in [0.25, 0.3) is 0 Å². The molecule has 0 N–H and O–H groups in total. The van der Waals surface area contributed by atoms with Crippen molar-refractivity contribution in [3.8, 4) is 0 Å². The van der Waals surface area contributed by atoms with Gasteiger partial charge in [0.15, 0.2) is 0 Å². The molecular weight excluding hydrogens is 328 g/mol. The van der Waals surface area contributed by atoms with E-state index in [1.807, 2.05) is 24.3 Å². The van der Waals surface area contributed by atoms with Crippen LogP contribution in [0.3, 0.4) is 0 Å². The topological polar surface area (TPSA) is 52.6 Å². The van der Waals surface area contributed by atoms with Crippen molar-refractivity contribution in [2.45, 2.75) is 0 Å². The van der Waals surface area contributed by atoms with E-state index in [1.165, 1.54) is 25.7 Å². The number of ether oxygens (including phenoxy) is 2. The van der Waals surface area contributed by atoms with E-state index < -0.39 is 11.9 Å². The standard InChI is InChI=1S/C22H16O4/c1-25-21(23)18(22(24)26-2)12-16-9-8-15-7-6-13-4-3-5-14-10-11-17(16)20(15)19(13)14/h3-12H,1-2H3. The maximum atomic E-state index is 12.0. The number of carbonyl (C=O) groups excluding carboxylic acids is 2. The van der Waals surface area contributed by atoms with Gasteiger partial charge < -0.3 is 9.47 Å². The summed E-state index contributed by atoms with van der Waals surface area (Å²) in [7, 11) is 2.48. The van der Waals surface area contributed by atoms with Crippen molar-refractivity contribution in [2.75, 3.05) is 14.2 Å². The number of hydrogen-bond donors (Lipinski definition) is 0. The lowest BCUT2D eigenvalue weighted by atomic mass is 9.91. The van der Waals surface area contributed by atoms with E-state index in [-0.39, 0.29) is 5.57 Å². The number of methoxy groups -OCH3 is 2. The number of carbonyl (C=O) groups is 2. The van der Waals surface area contributed by atoms with Gasteiger partial charge in [-0.2, -0.15) is 0 Å². The lowest BCUT2D eigenvalue weighted by molar-refractivity contribution is -0.143. The van der Waals surface area contributed by atoms with E-state index in [2.05, 4.69) is 30.3 Å². The molecule has 0 aliphatic rings. The van der Waals surface area contributed by atoms with Crippen LogP contribution in [0.15, 0.2) is 60.2 Å². The molecule has 26 heavy (non-hydrogen) atoms.